The number of esters is 1. The summed E-state index contributed by atoms with van der Waals surface area (Å²) in [5, 5.41) is 0. The van der Waals surface area contributed by atoms with Crippen LogP contribution in [0.2, 0.25) is 0 Å². The Morgan fingerprint density at radius 3 is 2.06 bits per heavy atom. The molecule has 0 aliphatic carbocycles. The predicted octanol–water partition coefficient (Wildman–Crippen LogP) is 2.61. The Labute approximate surface area is 95.1 Å². The Morgan fingerprint density at radius 2 is 1.69 bits per heavy atom. The van der Waals surface area contributed by atoms with Gasteiger partial charge in [-0.25, -0.2) is 4.57 Å². The number of hydrogen-bond donors (Lipinski definition) is 0. The van der Waals surface area contributed by atoms with E-state index < -0.39 is 13.8 Å². The molecule has 16 heavy (non-hydrogen) atoms. The summed E-state index contributed by atoms with van der Waals surface area (Å²) >= 11 is 0. The zero-order valence-corrected chi connectivity index (χ0v) is 10.8. The number of carbonyl (C=O) groups excluding carboxylic acids is 1. The molecule has 0 rings (SSSR count). The highest BCUT2D eigenvalue weighted by Crippen LogP contribution is 2.50. The Hall–Kier alpha value is -0.840. The fourth-order valence-electron chi connectivity index (χ4n) is 0.770. The van der Waals surface area contributed by atoms with E-state index >= 15 is 0 Å². The van der Waals surface area contributed by atoms with Crippen LogP contribution in [0.15, 0.2) is 12.0 Å². The molecular formula is C9H17O6P. The van der Waals surface area contributed by atoms with Crippen molar-refractivity contribution in [1.29, 1.82) is 0 Å². The Morgan fingerprint density at radius 1 is 1.19 bits per heavy atom. The molecule has 0 heterocycles. The second kappa shape index (κ2) is 7.44. The standard InChI is InChI=1S/C9H17O6P/c1-5-13-16(11,14-6-2)15-8(3)7-12-9(4)10/h7H,5-6H2,1-4H3/b8-7+. The van der Waals surface area contributed by atoms with Crippen LogP contribution in [-0.2, 0) is 27.7 Å². The number of phosphoric ester groups is 1. The number of ether oxygens (including phenoxy) is 1. The number of carbonyl (C=O) groups is 1. The molecule has 0 saturated heterocycles. The lowest BCUT2D eigenvalue weighted by Gasteiger charge is -2.16. The van der Waals surface area contributed by atoms with E-state index in [0.29, 0.717) is 0 Å². The van der Waals surface area contributed by atoms with Crippen LogP contribution in [0.4, 0.5) is 0 Å². The average molecular weight is 252 g/mol. The van der Waals surface area contributed by atoms with Gasteiger partial charge in [0.25, 0.3) is 0 Å². The van der Waals surface area contributed by atoms with Crippen LogP contribution in [0.1, 0.15) is 27.7 Å². The van der Waals surface area contributed by atoms with Crippen LogP contribution in [0, 0.1) is 0 Å². The Balaban J connectivity index is 4.44. The van der Waals surface area contributed by atoms with E-state index in [1.54, 1.807) is 13.8 Å². The third-order valence-corrected chi connectivity index (χ3v) is 2.88. The van der Waals surface area contributed by atoms with Gasteiger partial charge >= 0.3 is 13.8 Å². The van der Waals surface area contributed by atoms with E-state index in [9.17, 15) is 9.36 Å². The third kappa shape index (κ3) is 6.61. The van der Waals surface area contributed by atoms with E-state index in [2.05, 4.69) is 4.74 Å². The molecule has 0 spiro atoms. The summed E-state index contributed by atoms with van der Waals surface area (Å²) < 4.78 is 31.1. The molecule has 0 aliphatic rings. The van der Waals surface area contributed by atoms with E-state index in [1.807, 2.05) is 0 Å². The molecule has 0 radical (unpaired) electrons. The van der Waals surface area contributed by atoms with Gasteiger partial charge in [-0.05, 0) is 20.8 Å². The largest absolute Gasteiger partial charge is 0.529 e. The maximum Gasteiger partial charge on any atom is 0.529 e. The highest BCUT2D eigenvalue weighted by molar-refractivity contribution is 7.48. The van der Waals surface area contributed by atoms with Gasteiger partial charge < -0.3 is 9.26 Å². The fourth-order valence-corrected chi connectivity index (χ4v) is 1.98. The summed E-state index contributed by atoms with van der Waals surface area (Å²) in [7, 11) is -3.59. The molecule has 0 fully saturated rings. The van der Waals surface area contributed by atoms with Crippen LogP contribution in [0.25, 0.3) is 0 Å². The molecule has 7 heteroatoms. The van der Waals surface area contributed by atoms with Crippen molar-refractivity contribution in [3.63, 3.8) is 0 Å². The Bertz CT molecular complexity index is 288. The first-order valence-corrected chi connectivity index (χ1v) is 6.32. The summed E-state index contributed by atoms with van der Waals surface area (Å²) in [6.07, 6.45) is 1.05. The number of hydrogen-bond acceptors (Lipinski definition) is 6. The van der Waals surface area contributed by atoms with Crippen LogP contribution in [0.5, 0.6) is 0 Å². The van der Waals surface area contributed by atoms with Crippen molar-refractivity contribution >= 4 is 13.8 Å². The highest BCUT2D eigenvalue weighted by atomic mass is 31.2. The molecular weight excluding hydrogens is 235 g/mol. The van der Waals surface area contributed by atoms with Crippen molar-refractivity contribution in [3.8, 4) is 0 Å². The molecule has 0 saturated carbocycles. The van der Waals surface area contributed by atoms with Crippen molar-refractivity contribution in [1.82, 2.24) is 0 Å². The van der Waals surface area contributed by atoms with Gasteiger partial charge in [-0.3, -0.25) is 13.8 Å². The van der Waals surface area contributed by atoms with E-state index in [1.165, 1.54) is 13.8 Å². The molecule has 0 aromatic rings. The van der Waals surface area contributed by atoms with Crippen LogP contribution in [0.3, 0.4) is 0 Å². The molecule has 0 amide bonds. The molecule has 0 unspecified atom stereocenters. The van der Waals surface area contributed by atoms with Crippen molar-refractivity contribution in [2.75, 3.05) is 13.2 Å². The first-order valence-electron chi connectivity index (χ1n) is 4.86. The zero-order valence-electron chi connectivity index (χ0n) is 9.89. The average Bonchev–Trinajstić information content (AvgIpc) is 2.15. The van der Waals surface area contributed by atoms with Gasteiger partial charge in [-0.1, -0.05) is 0 Å². The van der Waals surface area contributed by atoms with Gasteiger partial charge in [0.15, 0.2) is 0 Å². The molecule has 0 bridgehead atoms. The van der Waals surface area contributed by atoms with Crippen molar-refractivity contribution in [2.45, 2.75) is 27.7 Å². The van der Waals surface area contributed by atoms with Gasteiger partial charge in [0.2, 0.25) is 0 Å². The molecule has 0 aromatic carbocycles. The lowest BCUT2D eigenvalue weighted by Crippen LogP contribution is -2.00. The summed E-state index contributed by atoms with van der Waals surface area (Å²) in [6.45, 7) is 6.44. The second-order valence-electron chi connectivity index (χ2n) is 2.71. The smallest absolute Gasteiger partial charge is 0.431 e. The zero-order chi connectivity index (χ0) is 12.6. The second-order valence-corrected chi connectivity index (χ2v) is 4.31. The van der Waals surface area contributed by atoms with E-state index in [0.717, 1.165) is 6.26 Å². The minimum absolute atomic E-state index is 0.139. The maximum absolute atomic E-state index is 11.8. The predicted molar refractivity (Wildman–Crippen MR) is 57.5 cm³/mol. The minimum atomic E-state index is -3.59. The molecule has 0 atom stereocenters. The minimum Gasteiger partial charge on any atom is -0.431 e. The number of phosphoric acid groups is 1. The molecule has 0 aromatic heterocycles. The molecule has 0 N–H and O–H groups in total. The van der Waals surface area contributed by atoms with Crippen LogP contribution < -0.4 is 0 Å². The molecule has 94 valence electrons. The van der Waals surface area contributed by atoms with E-state index in [4.69, 9.17) is 13.6 Å². The monoisotopic (exact) mass is 252 g/mol. The number of rotatable bonds is 7. The summed E-state index contributed by atoms with van der Waals surface area (Å²) in [6, 6.07) is 0. The van der Waals surface area contributed by atoms with E-state index in [-0.39, 0.29) is 19.0 Å². The fraction of sp³-hybridized carbons (Fsp3) is 0.667. The first-order chi connectivity index (χ1) is 7.43. The SMILES string of the molecule is CCOP(=O)(OCC)O/C(C)=C/OC(C)=O. The van der Waals surface area contributed by atoms with Gasteiger partial charge in [0.1, 0.15) is 12.0 Å². The summed E-state index contributed by atoms with van der Waals surface area (Å²) in [5.41, 5.74) is 0. The summed E-state index contributed by atoms with van der Waals surface area (Å²) in [4.78, 5) is 10.5. The quantitative estimate of drug-likeness (QED) is 0.394. The summed E-state index contributed by atoms with van der Waals surface area (Å²) in [5.74, 6) is -0.356. The normalized spacial score (nSPS) is 12.4. The van der Waals surface area contributed by atoms with Crippen molar-refractivity contribution < 1.29 is 27.7 Å². The first kappa shape index (κ1) is 15.2. The lowest BCUT2D eigenvalue weighted by atomic mass is 10.6. The maximum atomic E-state index is 11.8. The van der Waals surface area contributed by atoms with Crippen molar-refractivity contribution in [2.24, 2.45) is 0 Å². The van der Waals surface area contributed by atoms with Crippen molar-refractivity contribution in [3.05, 3.63) is 12.0 Å². The van der Waals surface area contributed by atoms with Gasteiger partial charge in [0.05, 0.1) is 13.2 Å². The number of allylic oxidation sites excluding steroid dienone is 1. The van der Waals surface area contributed by atoms with Gasteiger partial charge in [0, 0.05) is 6.92 Å². The molecule has 0 aliphatic heterocycles. The topological polar surface area (TPSA) is 71.1 Å². The van der Waals surface area contributed by atoms with Crippen LogP contribution in [-0.4, -0.2) is 19.2 Å². The molecule has 6 nitrogen and oxygen atoms in total. The van der Waals surface area contributed by atoms with Gasteiger partial charge in [-0.15, -0.1) is 0 Å². The van der Waals surface area contributed by atoms with Crippen LogP contribution >= 0.6 is 7.82 Å². The lowest BCUT2D eigenvalue weighted by molar-refractivity contribution is -0.135. The Kier molecular flexibility index (Phi) is 7.05. The highest BCUT2D eigenvalue weighted by Gasteiger charge is 2.27. The van der Waals surface area contributed by atoms with Gasteiger partial charge in [-0.2, -0.15) is 0 Å². The third-order valence-electron chi connectivity index (χ3n) is 1.22.